The smallest absolute Gasteiger partial charge is 0.326 e. The molecule has 0 saturated heterocycles. The van der Waals surface area contributed by atoms with E-state index in [1.807, 2.05) is 0 Å². The van der Waals surface area contributed by atoms with E-state index in [0.717, 1.165) is 19.3 Å². The van der Waals surface area contributed by atoms with E-state index in [-0.39, 0.29) is 75.1 Å². The number of hydrogen-bond acceptors (Lipinski definition) is 9. The topological polar surface area (TPSA) is 234 Å². The fourth-order valence-corrected chi connectivity index (χ4v) is 5.89. The van der Waals surface area contributed by atoms with E-state index in [9.17, 15) is 33.9 Å². The number of nitrogens with one attached hydrogen (secondary N) is 4. The van der Waals surface area contributed by atoms with Gasteiger partial charge in [0, 0.05) is 50.0 Å². The highest BCUT2D eigenvalue weighted by Crippen LogP contribution is 2.17. The number of H-pyrrole nitrogens is 1. The van der Waals surface area contributed by atoms with Gasteiger partial charge in [-0.1, -0.05) is 90.4 Å². The quantitative estimate of drug-likeness (QED) is 0.0498. The van der Waals surface area contributed by atoms with Gasteiger partial charge in [-0.3, -0.25) is 24.0 Å². The first-order valence-electron chi connectivity index (χ1n) is 19.0. The summed E-state index contributed by atoms with van der Waals surface area (Å²) in [5, 5.41) is 26.3. The number of amides is 2. The predicted octanol–water partition coefficient (Wildman–Crippen LogP) is 4.22. The van der Waals surface area contributed by atoms with Crippen LogP contribution in [0.15, 0.2) is 12.5 Å². The van der Waals surface area contributed by atoms with Crippen molar-refractivity contribution < 1.29 is 39.0 Å². The third-order valence-corrected chi connectivity index (χ3v) is 8.99. The first kappa shape index (κ1) is 45.4. The second-order valence-electron chi connectivity index (χ2n) is 13.6. The third-order valence-electron chi connectivity index (χ3n) is 8.99. The fraction of sp³-hybridized carbons (Fsp3) is 0.757. The Morgan fingerprint density at radius 2 is 1.39 bits per heavy atom. The summed E-state index contributed by atoms with van der Waals surface area (Å²) in [6.45, 7) is 1.93. The van der Waals surface area contributed by atoms with Gasteiger partial charge in [-0.2, -0.15) is 0 Å². The zero-order valence-corrected chi connectivity index (χ0v) is 30.7. The lowest BCUT2D eigenvalue weighted by molar-refractivity contribution is -0.142. The number of rotatable bonds is 34. The number of carbonyl (C=O) groups excluding carboxylic acids is 4. The fourth-order valence-electron chi connectivity index (χ4n) is 5.89. The van der Waals surface area contributed by atoms with Crippen LogP contribution in [0.5, 0.6) is 0 Å². The van der Waals surface area contributed by atoms with Crippen molar-refractivity contribution in [1.82, 2.24) is 25.9 Å². The predicted molar refractivity (Wildman–Crippen MR) is 195 cm³/mol. The monoisotopic (exact) mass is 720 g/mol. The van der Waals surface area contributed by atoms with Crippen molar-refractivity contribution >= 4 is 35.3 Å². The molecule has 1 aromatic heterocycles. The summed E-state index contributed by atoms with van der Waals surface area (Å²) in [5.74, 6) is -4.21. The molecule has 0 bridgehead atoms. The van der Waals surface area contributed by atoms with Crippen LogP contribution in [0.25, 0.3) is 0 Å². The molecule has 14 nitrogen and oxygen atoms in total. The number of carbonyl (C=O) groups is 6. The van der Waals surface area contributed by atoms with Crippen LogP contribution in [-0.2, 0) is 35.2 Å². The number of unbranched alkanes of at least 4 members (excludes halogenated alkanes) is 13. The second kappa shape index (κ2) is 29.0. The summed E-state index contributed by atoms with van der Waals surface area (Å²) in [6.07, 6.45) is 20.3. The number of Topliss-reactive ketones (excluding diaryl/α,β-unsaturated/α-hetero) is 2. The van der Waals surface area contributed by atoms with Crippen LogP contribution < -0.4 is 21.7 Å². The van der Waals surface area contributed by atoms with Gasteiger partial charge in [0.2, 0.25) is 11.8 Å². The average molecular weight is 721 g/mol. The Bertz CT molecular complexity index is 1150. The van der Waals surface area contributed by atoms with E-state index in [1.165, 1.54) is 64.1 Å². The van der Waals surface area contributed by atoms with Gasteiger partial charge in [-0.15, -0.1) is 0 Å². The molecule has 0 aliphatic rings. The highest BCUT2D eigenvalue weighted by Gasteiger charge is 2.25. The zero-order valence-electron chi connectivity index (χ0n) is 30.7. The minimum Gasteiger partial charge on any atom is -0.480 e. The average Bonchev–Trinajstić information content (AvgIpc) is 3.60. The summed E-state index contributed by atoms with van der Waals surface area (Å²) in [7, 11) is 0. The van der Waals surface area contributed by atoms with Crippen molar-refractivity contribution in [3.63, 3.8) is 0 Å². The largest absolute Gasteiger partial charge is 0.480 e. The molecule has 0 aliphatic heterocycles. The van der Waals surface area contributed by atoms with E-state index in [1.54, 1.807) is 6.20 Å². The van der Waals surface area contributed by atoms with E-state index >= 15 is 0 Å². The minimum absolute atomic E-state index is 0.0354. The van der Waals surface area contributed by atoms with Gasteiger partial charge in [-0.05, 0) is 25.7 Å². The van der Waals surface area contributed by atoms with Gasteiger partial charge in [0.25, 0.3) is 0 Å². The number of aliphatic carboxylic acids is 2. The number of ketones is 2. The van der Waals surface area contributed by atoms with Crippen LogP contribution in [0.1, 0.15) is 141 Å². The Hall–Kier alpha value is -3.65. The number of aromatic nitrogens is 2. The lowest BCUT2D eigenvalue weighted by atomic mass is 9.89. The third kappa shape index (κ3) is 24.2. The molecule has 14 heteroatoms. The van der Waals surface area contributed by atoms with Crippen LogP contribution in [0.4, 0.5) is 0 Å². The molecule has 0 saturated carbocycles. The maximum atomic E-state index is 12.8. The number of hydrogen-bond donors (Lipinski definition) is 7. The van der Waals surface area contributed by atoms with E-state index < -0.39 is 29.9 Å². The molecule has 0 aromatic carbocycles. The molecule has 1 aromatic rings. The minimum atomic E-state index is -1.19. The van der Waals surface area contributed by atoms with Crippen molar-refractivity contribution in [3.05, 3.63) is 18.2 Å². The first-order valence-corrected chi connectivity index (χ1v) is 19.0. The van der Waals surface area contributed by atoms with E-state index in [0.29, 0.717) is 31.4 Å². The van der Waals surface area contributed by atoms with Gasteiger partial charge >= 0.3 is 11.9 Å². The Labute approximate surface area is 303 Å². The van der Waals surface area contributed by atoms with Gasteiger partial charge in [0.15, 0.2) is 5.78 Å². The molecule has 0 fully saturated rings. The maximum absolute atomic E-state index is 12.8. The molecule has 1 heterocycles. The Morgan fingerprint density at radius 1 is 0.765 bits per heavy atom. The molecule has 0 aliphatic carbocycles. The Balaban J connectivity index is 2.30. The number of imidazole rings is 1. The van der Waals surface area contributed by atoms with Crippen LogP contribution in [0.2, 0.25) is 0 Å². The number of nitrogens with two attached hydrogens (primary N) is 1. The van der Waals surface area contributed by atoms with Crippen LogP contribution in [-0.4, -0.2) is 87.2 Å². The highest BCUT2D eigenvalue weighted by atomic mass is 16.4. The normalized spacial score (nSPS) is 12.9. The lowest BCUT2D eigenvalue weighted by Crippen LogP contribution is -2.41. The van der Waals surface area contributed by atoms with E-state index in [2.05, 4.69) is 32.8 Å². The Kier molecular flexibility index (Phi) is 25.8. The van der Waals surface area contributed by atoms with Gasteiger partial charge in [0.05, 0.1) is 25.5 Å². The molecule has 290 valence electrons. The second-order valence-corrected chi connectivity index (χ2v) is 13.6. The molecule has 51 heavy (non-hydrogen) atoms. The summed E-state index contributed by atoms with van der Waals surface area (Å²) < 4.78 is 0. The number of carboxylic acids is 2. The summed E-state index contributed by atoms with van der Waals surface area (Å²) >= 11 is 0. The lowest BCUT2D eigenvalue weighted by Gasteiger charge is -2.18. The molecule has 1 rings (SSSR count). The SMILES string of the molecule is CCCCCCCCCCCCCCCC(=O)N[C@@H](CCC(=O)NCCCC[C@H](CC(=O)[C@@H](N)Cc1cnc[nH]1)C(=O)CNCC(=O)O)C(=O)O. The van der Waals surface area contributed by atoms with Crippen LogP contribution in [0, 0.1) is 5.92 Å². The van der Waals surface area contributed by atoms with Crippen molar-refractivity contribution in [1.29, 1.82) is 0 Å². The molecule has 0 unspecified atom stereocenters. The standard InChI is InChI=1S/C37H64N6O8/c1-2-3-4-5-6-7-8-9-10-11-12-13-14-18-35(47)43-31(37(50)51)19-20-34(46)41-21-16-15-17-28(33(45)25-39-26-36(48)49)22-32(44)30(38)23-29-24-40-27-42-29/h24,27-28,30-31,39H,2-23,25-26,38H2,1H3,(H,40,42)(H,41,46)(H,43,47)(H,48,49)(H,50,51)/t28-,30+,31+/m1/s1. The van der Waals surface area contributed by atoms with Gasteiger partial charge in [-0.25, -0.2) is 9.78 Å². The van der Waals surface area contributed by atoms with Gasteiger partial charge in [0.1, 0.15) is 11.8 Å². The zero-order chi connectivity index (χ0) is 37.7. The maximum Gasteiger partial charge on any atom is 0.326 e. The van der Waals surface area contributed by atoms with Crippen molar-refractivity contribution in [2.24, 2.45) is 11.7 Å². The number of nitrogens with zero attached hydrogens (tertiary/aromatic N) is 1. The number of carboxylic acid groups (broad SMARTS) is 2. The molecule has 3 atom stereocenters. The first-order chi connectivity index (χ1) is 24.5. The van der Waals surface area contributed by atoms with Crippen molar-refractivity contribution in [3.8, 4) is 0 Å². The van der Waals surface area contributed by atoms with Crippen LogP contribution >= 0.6 is 0 Å². The molecule has 2 amide bonds. The van der Waals surface area contributed by atoms with Gasteiger partial charge < -0.3 is 36.9 Å². The summed E-state index contributed by atoms with van der Waals surface area (Å²) in [4.78, 5) is 79.7. The number of aromatic amines is 1. The molecule has 0 spiro atoms. The molecular formula is C37H64N6O8. The van der Waals surface area contributed by atoms with Crippen LogP contribution in [0.3, 0.4) is 0 Å². The van der Waals surface area contributed by atoms with E-state index in [4.69, 9.17) is 10.8 Å². The highest BCUT2D eigenvalue weighted by molar-refractivity contribution is 5.91. The Morgan fingerprint density at radius 3 is 1.96 bits per heavy atom. The summed E-state index contributed by atoms with van der Waals surface area (Å²) in [6, 6.07) is -1.98. The summed E-state index contributed by atoms with van der Waals surface area (Å²) in [5.41, 5.74) is 6.75. The van der Waals surface area contributed by atoms with Crippen molar-refractivity contribution in [2.45, 2.75) is 154 Å². The molecular weight excluding hydrogens is 656 g/mol. The molecule has 0 radical (unpaired) electrons. The molecule has 8 N–H and O–H groups in total. The van der Waals surface area contributed by atoms with Crippen molar-refractivity contribution in [2.75, 3.05) is 19.6 Å².